The quantitative estimate of drug-likeness (QED) is 0.373. The van der Waals surface area contributed by atoms with Crippen LogP contribution in [-0.4, -0.2) is 0 Å². The second-order valence-corrected chi connectivity index (χ2v) is 2.88. The molecular formula is C10H11N3. The fourth-order valence-corrected chi connectivity index (χ4v) is 1.16. The Morgan fingerprint density at radius 1 is 1.38 bits per heavy atom. The van der Waals surface area contributed by atoms with Gasteiger partial charge in [-0.2, -0.15) is 0 Å². The minimum Gasteiger partial charge on any atom is -0.0686 e. The molecule has 0 fully saturated rings. The van der Waals surface area contributed by atoms with Crippen molar-refractivity contribution in [3.63, 3.8) is 0 Å². The standard InChI is InChI=1S/C10H11N3/c1-8-3-4-10(9(2)7-8)5-6-12-13-11/h3-7H,1-2H3. The van der Waals surface area contributed by atoms with Crippen molar-refractivity contribution in [3.05, 3.63) is 51.5 Å². The van der Waals surface area contributed by atoms with Crippen molar-refractivity contribution in [2.45, 2.75) is 13.8 Å². The number of azide groups is 1. The van der Waals surface area contributed by atoms with E-state index in [0.29, 0.717) is 0 Å². The Hall–Kier alpha value is -1.73. The zero-order chi connectivity index (χ0) is 9.68. The Labute approximate surface area is 77.3 Å². The molecule has 0 aliphatic rings. The third-order valence-electron chi connectivity index (χ3n) is 1.80. The highest BCUT2D eigenvalue weighted by molar-refractivity contribution is 5.53. The van der Waals surface area contributed by atoms with Crippen LogP contribution in [0.2, 0.25) is 0 Å². The summed E-state index contributed by atoms with van der Waals surface area (Å²) in [5, 5.41) is 3.33. The normalized spacial score (nSPS) is 10.0. The van der Waals surface area contributed by atoms with E-state index in [2.05, 4.69) is 16.1 Å². The molecule has 1 aromatic carbocycles. The van der Waals surface area contributed by atoms with Crippen LogP contribution < -0.4 is 0 Å². The molecule has 0 N–H and O–H groups in total. The van der Waals surface area contributed by atoms with E-state index in [4.69, 9.17) is 5.53 Å². The smallest absolute Gasteiger partial charge is 0.00475 e. The van der Waals surface area contributed by atoms with E-state index in [0.717, 1.165) is 5.56 Å². The van der Waals surface area contributed by atoms with Gasteiger partial charge in [-0.3, -0.25) is 0 Å². The Morgan fingerprint density at radius 2 is 2.15 bits per heavy atom. The van der Waals surface area contributed by atoms with Gasteiger partial charge in [0.1, 0.15) is 0 Å². The number of hydrogen-bond donors (Lipinski definition) is 0. The van der Waals surface area contributed by atoms with Gasteiger partial charge in [0.2, 0.25) is 0 Å². The third-order valence-corrected chi connectivity index (χ3v) is 1.80. The van der Waals surface area contributed by atoms with Crippen LogP contribution in [0, 0.1) is 13.8 Å². The van der Waals surface area contributed by atoms with E-state index in [9.17, 15) is 0 Å². The van der Waals surface area contributed by atoms with Gasteiger partial charge in [0, 0.05) is 11.1 Å². The molecule has 0 spiro atoms. The molecule has 13 heavy (non-hydrogen) atoms. The van der Waals surface area contributed by atoms with Crippen LogP contribution in [0.1, 0.15) is 16.7 Å². The van der Waals surface area contributed by atoms with Crippen molar-refractivity contribution in [2.24, 2.45) is 5.11 Å². The van der Waals surface area contributed by atoms with Crippen LogP contribution in [-0.2, 0) is 0 Å². The van der Waals surface area contributed by atoms with Crippen LogP contribution in [0.3, 0.4) is 0 Å². The summed E-state index contributed by atoms with van der Waals surface area (Å²) in [4.78, 5) is 2.64. The Kier molecular flexibility index (Phi) is 3.12. The number of hydrogen-bond acceptors (Lipinski definition) is 1. The summed E-state index contributed by atoms with van der Waals surface area (Å²) in [5.74, 6) is 0. The summed E-state index contributed by atoms with van der Waals surface area (Å²) in [6, 6.07) is 6.13. The lowest BCUT2D eigenvalue weighted by atomic mass is 10.1. The Balaban J connectivity index is 2.95. The summed E-state index contributed by atoms with van der Waals surface area (Å²) in [6.45, 7) is 4.08. The summed E-state index contributed by atoms with van der Waals surface area (Å²) >= 11 is 0. The molecule has 0 atom stereocenters. The predicted octanol–water partition coefficient (Wildman–Crippen LogP) is 3.58. The third kappa shape index (κ3) is 2.65. The van der Waals surface area contributed by atoms with Crippen LogP contribution >= 0.6 is 0 Å². The van der Waals surface area contributed by atoms with Gasteiger partial charge < -0.3 is 0 Å². The highest BCUT2D eigenvalue weighted by Gasteiger charge is 1.92. The average Bonchev–Trinajstić information content (AvgIpc) is 2.09. The van der Waals surface area contributed by atoms with Gasteiger partial charge in [-0.15, -0.1) is 0 Å². The highest BCUT2D eigenvalue weighted by atomic mass is 15.1. The molecule has 0 radical (unpaired) electrons. The fourth-order valence-electron chi connectivity index (χ4n) is 1.16. The van der Waals surface area contributed by atoms with Crippen molar-refractivity contribution >= 4 is 6.08 Å². The van der Waals surface area contributed by atoms with Crippen LogP contribution in [0.4, 0.5) is 0 Å². The second-order valence-electron chi connectivity index (χ2n) is 2.88. The second kappa shape index (κ2) is 4.33. The molecule has 1 rings (SSSR count). The van der Waals surface area contributed by atoms with Crippen molar-refractivity contribution in [1.29, 1.82) is 0 Å². The van der Waals surface area contributed by atoms with Crippen LogP contribution in [0.25, 0.3) is 16.5 Å². The molecule has 3 nitrogen and oxygen atoms in total. The minimum absolute atomic E-state index is 1.08. The van der Waals surface area contributed by atoms with Gasteiger partial charge in [-0.05, 0) is 30.5 Å². The Morgan fingerprint density at radius 3 is 2.77 bits per heavy atom. The lowest BCUT2D eigenvalue weighted by Crippen LogP contribution is -1.81. The number of aryl methyl sites for hydroxylation is 2. The molecule has 0 saturated heterocycles. The number of benzene rings is 1. The van der Waals surface area contributed by atoms with E-state index in [-0.39, 0.29) is 0 Å². The topological polar surface area (TPSA) is 48.8 Å². The fraction of sp³-hybridized carbons (Fsp3) is 0.200. The van der Waals surface area contributed by atoms with E-state index in [1.165, 1.54) is 17.3 Å². The van der Waals surface area contributed by atoms with Gasteiger partial charge in [-0.1, -0.05) is 35.0 Å². The average molecular weight is 173 g/mol. The molecule has 0 saturated carbocycles. The van der Waals surface area contributed by atoms with E-state index < -0.39 is 0 Å². The van der Waals surface area contributed by atoms with Crippen molar-refractivity contribution in [3.8, 4) is 0 Å². The molecule has 0 bridgehead atoms. The van der Waals surface area contributed by atoms with E-state index in [1.54, 1.807) is 6.08 Å². The van der Waals surface area contributed by atoms with Gasteiger partial charge in [0.15, 0.2) is 0 Å². The molecule has 0 aliphatic heterocycles. The first kappa shape index (κ1) is 9.36. The van der Waals surface area contributed by atoms with Crippen LogP contribution in [0.15, 0.2) is 29.5 Å². The molecule has 0 aliphatic carbocycles. The van der Waals surface area contributed by atoms with Crippen molar-refractivity contribution in [1.82, 2.24) is 0 Å². The first-order valence-corrected chi connectivity index (χ1v) is 4.02. The van der Waals surface area contributed by atoms with E-state index >= 15 is 0 Å². The number of rotatable bonds is 2. The van der Waals surface area contributed by atoms with Crippen LogP contribution in [0.5, 0.6) is 0 Å². The Bertz CT molecular complexity index is 374. The molecule has 0 amide bonds. The van der Waals surface area contributed by atoms with Gasteiger partial charge in [0.25, 0.3) is 0 Å². The first-order chi connectivity index (χ1) is 6.24. The maximum atomic E-state index is 8.06. The van der Waals surface area contributed by atoms with E-state index in [1.807, 2.05) is 26.0 Å². The van der Waals surface area contributed by atoms with Gasteiger partial charge >= 0.3 is 0 Å². The zero-order valence-electron chi connectivity index (χ0n) is 7.73. The summed E-state index contributed by atoms with van der Waals surface area (Å²) in [6.07, 6.45) is 3.26. The van der Waals surface area contributed by atoms with Crippen molar-refractivity contribution in [2.75, 3.05) is 0 Å². The first-order valence-electron chi connectivity index (χ1n) is 4.02. The van der Waals surface area contributed by atoms with Gasteiger partial charge in [-0.25, -0.2) is 0 Å². The monoisotopic (exact) mass is 173 g/mol. The SMILES string of the molecule is Cc1ccc(C=CN=[N+]=[N-])c(C)c1. The number of nitrogens with zero attached hydrogens (tertiary/aromatic N) is 3. The molecule has 0 unspecified atom stereocenters. The summed E-state index contributed by atoms with van der Waals surface area (Å²) < 4.78 is 0. The highest BCUT2D eigenvalue weighted by Crippen LogP contribution is 2.11. The molecule has 66 valence electrons. The minimum atomic E-state index is 1.08. The summed E-state index contributed by atoms with van der Waals surface area (Å²) in [7, 11) is 0. The lowest BCUT2D eigenvalue weighted by Gasteiger charge is -2.00. The molecule has 3 heteroatoms. The maximum absolute atomic E-state index is 8.06. The largest absolute Gasteiger partial charge is 0.0686 e. The molecule has 0 heterocycles. The lowest BCUT2D eigenvalue weighted by molar-refractivity contribution is 1.36. The molecule has 0 aromatic heterocycles. The predicted molar refractivity (Wildman–Crippen MR) is 54.1 cm³/mol. The van der Waals surface area contributed by atoms with Crippen molar-refractivity contribution < 1.29 is 0 Å². The maximum Gasteiger partial charge on any atom is 0.00475 e. The molecular weight excluding hydrogens is 162 g/mol. The molecule has 1 aromatic rings. The zero-order valence-corrected chi connectivity index (χ0v) is 7.73. The summed E-state index contributed by atoms with van der Waals surface area (Å²) in [5.41, 5.74) is 11.6. The van der Waals surface area contributed by atoms with Gasteiger partial charge in [0.05, 0.1) is 0 Å².